The Kier molecular flexibility index (Phi) is 8.19. The Hall–Kier alpha value is -0.580. The van der Waals surface area contributed by atoms with E-state index in [0.717, 1.165) is 37.1 Å². The first-order valence-corrected chi connectivity index (χ1v) is 8.14. The van der Waals surface area contributed by atoms with E-state index in [2.05, 4.69) is 65.1 Å². The van der Waals surface area contributed by atoms with Crippen molar-refractivity contribution in [3.8, 4) is 0 Å². The molecule has 1 aromatic carbocycles. The van der Waals surface area contributed by atoms with Crippen LogP contribution in [0.3, 0.4) is 0 Å². The van der Waals surface area contributed by atoms with Gasteiger partial charge in [-0.15, -0.1) is 0 Å². The van der Waals surface area contributed by atoms with E-state index in [1.165, 1.54) is 11.3 Å². The first-order chi connectivity index (χ1) is 9.60. The van der Waals surface area contributed by atoms with E-state index in [-0.39, 0.29) is 0 Å². The van der Waals surface area contributed by atoms with Gasteiger partial charge in [-0.2, -0.15) is 0 Å². The number of methoxy groups -OCH3 is 1. The van der Waals surface area contributed by atoms with Crippen LogP contribution in [0, 0.1) is 0 Å². The van der Waals surface area contributed by atoms with Gasteiger partial charge in [0.15, 0.2) is 0 Å². The molecule has 3 nitrogen and oxygen atoms in total. The van der Waals surface area contributed by atoms with Crippen LogP contribution in [0.5, 0.6) is 0 Å². The third-order valence-corrected chi connectivity index (χ3v) is 3.75. The maximum Gasteiger partial charge on any atom is 0.0637 e. The molecule has 0 aromatic heterocycles. The highest BCUT2D eigenvalue weighted by Gasteiger charge is 2.14. The van der Waals surface area contributed by atoms with Gasteiger partial charge in [-0.3, -0.25) is 0 Å². The van der Waals surface area contributed by atoms with Crippen LogP contribution in [-0.4, -0.2) is 32.8 Å². The number of ether oxygens (including phenoxy) is 1. The molecule has 0 unspecified atom stereocenters. The standard InChI is InChI=1S/C16H27BrN2O/c1-5-8-18-12-14-11-15(17)6-7-16(14)19(13(2)3)9-10-20-4/h6-7,11,13,18H,5,8-10,12H2,1-4H3. The van der Waals surface area contributed by atoms with Crippen molar-refractivity contribution in [3.05, 3.63) is 28.2 Å². The lowest BCUT2D eigenvalue weighted by molar-refractivity contribution is 0.204. The van der Waals surface area contributed by atoms with Crippen LogP contribution in [0.1, 0.15) is 32.8 Å². The summed E-state index contributed by atoms with van der Waals surface area (Å²) in [6.07, 6.45) is 1.15. The summed E-state index contributed by atoms with van der Waals surface area (Å²) in [6.45, 7) is 10.2. The molecule has 0 amide bonds. The molecule has 0 spiro atoms. The number of anilines is 1. The minimum Gasteiger partial charge on any atom is -0.383 e. The summed E-state index contributed by atoms with van der Waals surface area (Å²) >= 11 is 3.57. The van der Waals surface area contributed by atoms with Crippen LogP contribution in [-0.2, 0) is 11.3 Å². The number of nitrogens with zero attached hydrogens (tertiary/aromatic N) is 1. The van der Waals surface area contributed by atoms with Crippen molar-refractivity contribution in [2.45, 2.75) is 39.8 Å². The molecule has 0 aliphatic rings. The predicted molar refractivity (Wildman–Crippen MR) is 90.5 cm³/mol. The normalized spacial score (nSPS) is 11.1. The molecule has 0 aliphatic carbocycles. The molecule has 0 saturated carbocycles. The molecule has 0 atom stereocenters. The quantitative estimate of drug-likeness (QED) is 0.690. The van der Waals surface area contributed by atoms with Crippen LogP contribution in [0.25, 0.3) is 0 Å². The fourth-order valence-corrected chi connectivity index (χ4v) is 2.63. The highest BCUT2D eigenvalue weighted by molar-refractivity contribution is 9.10. The number of nitrogens with one attached hydrogen (secondary N) is 1. The summed E-state index contributed by atoms with van der Waals surface area (Å²) in [5.41, 5.74) is 2.63. The van der Waals surface area contributed by atoms with Crippen LogP contribution >= 0.6 is 15.9 Å². The molecule has 0 fully saturated rings. The maximum absolute atomic E-state index is 5.24. The third-order valence-electron chi connectivity index (χ3n) is 3.25. The molecule has 114 valence electrons. The molecular formula is C16H27BrN2O. The molecule has 0 aliphatic heterocycles. The summed E-state index contributed by atoms with van der Waals surface area (Å²) in [5, 5.41) is 3.49. The Morgan fingerprint density at radius 1 is 1.35 bits per heavy atom. The van der Waals surface area contributed by atoms with Crippen molar-refractivity contribution >= 4 is 21.6 Å². The van der Waals surface area contributed by atoms with Crippen molar-refractivity contribution in [3.63, 3.8) is 0 Å². The van der Waals surface area contributed by atoms with Crippen LogP contribution in [0.2, 0.25) is 0 Å². The Labute approximate surface area is 131 Å². The van der Waals surface area contributed by atoms with E-state index in [0.29, 0.717) is 6.04 Å². The zero-order valence-electron chi connectivity index (χ0n) is 13.1. The van der Waals surface area contributed by atoms with Gasteiger partial charge in [0.2, 0.25) is 0 Å². The van der Waals surface area contributed by atoms with Crippen LogP contribution in [0.4, 0.5) is 5.69 Å². The van der Waals surface area contributed by atoms with Gasteiger partial charge in [-0.25, -0.2) is 0 Å². The number of hydrogen-bond acceptors (Lipinski definition) is 3. The predicted octanol–water partition coefficient (Wildman–Crippen LogP) is 3.81. The molecule has 1 rings (SSSR count). The zero-order valence-corrected chi connectivity index (χ0v) is 14.7. The van der Waals surface area contributed by atoms with Crippen molar-refractivity contribution in [1.82, 2.24) is 5.32 Å². The first kappa shape index (κ1) is 17.5. The van der Waals surface area contributed by atoms with Gasteiger partial charge in [0.25, 0.3) is 0 Å². The minimum absolute atomic E-state index is 0.455. The van der Waals surface area contributed by atoms with Gasteiger partial charge >= 0.3 is 0 Å². The zero-order chi connectivity index (χ0) is 15.0. The van der Waals surface area contributed by atoms with Gasteiger partial charge in [0, 0.05) is 36.4 Å². The second kappa shape index (κ2) is 9.37. The van der Waals surface area contributed by atoms with Crippen molar-refractivity contribution in [1.29, 1.82) is 0 Å². The lowest BCUT2D eigenvalue weighted by Crippen LogP contribution is -2.35. The van der Waals surface area contributed by atoms with Gasteiger partial charge in [0.1, 0.15) is 0 Å². The third kappa shape index (κ3) is 5.43. The van der Waals surface area contributed by atoms with E-state index in [1.807, 2.05) is 0 Å². The smallest absolute Gasteiger partial charge is 0.0637 e. The molecule has 0 heterocycles. The SMILES string of the molecule is CCCNCc1cc(Br)ccc1N(CCOC)C(C)C. The molecule has 4 heteroatoms. The average molecular weight is 343 g/mol. The van der Waals surface area contributed by atoms with Gasteiger partial charge in [-0.1, -0.05) is 22.9 Å². The van der Waals surface area contributed by atoms with Crippen molar-refractivity contribution in [2.24, 2.45) is 0 Å². The molecule has 0 radical (unpaired) electrons. The Morgan fingerprint density at radius 2 is 2.10 bits per heavy atom. The highest BCUT2D eigenvalue weighted by atomic mass is 79.9. The van der Waals surface area contributed by atoms with E-state index in [1.54, 1.807) is 7.11 Å². The Balaban J connectivity index is 2.93. The van der Waals surface area contributed by atoms with E-state index < -0.39 is 0 Å². The maximum atomic E-state index is 5.24. The molecular weight excluding hydrogens is 316 g/mol. The van der Waals surface area contributed by atoms with Crippen LogP contribution in [0.15, 0.2) is 22.7 Å². The second-order valence-corrected chi connectivity index (χ2v) is 6.15. The minimum atomic E-state index is 0.455. The highest BCUT2D eigenvalue weighted by Crippen LogP contribution is 2.26. The summed E-state index contributed by atoms with van der Waals surface area (Å²) in [5.74, 6) is 0. The number of benzene rings is 1. The molecule has 0 bridgehead atoms. The fourth-order valence-electron chi connectivity index (χ4n) is 2.22. The van der Waals surface area contributed by atoms with Gasteiger partial charge in [-0.05, 0) is 50.6 Å². The van der Waals surface area contributed by atoms with Crippen molar-refractivity contribution in [2.75, 3.05) is 31.7 Å². The summed E-state index contributed by atoms with van der Waals surface area (Å²) in [6, 6.07) is 6.97. The summed E-state index contributed by atoms with van der Waals surface area (Å²) in [7, 11) is 1.75. The lowest BCUT2D eigenvalue weighted by Gasteiger charge is -2.31. The van der Waals surface area contributed by atoms with Gasteiger partial charge < -0.3 is 15.0 Å². The first-order valence-electron chi connectivity index (χ1n) is 7.34. The summed E-state index contributed by atoms with van der Waals surface area (Å²) in [4.78, 5) is 2.40. The van der Waals surface area contributed by atoms with Crippen LogP contribution < -0.4 is 10.2 Å². The van der Waals surface area contributed by atoms with Crippen molar-refractivity contribution < 1.29 is 4.74 Å². The van der Waals surface area contributed by atoms with Gasteiger partial charge in [0.05, 0.1) is 6.61 Å². The Morgan fingerprint density at radius 3 is 2.70 bits per heavy atom. The molecule has 1 aromatic rings. The fraction of sp³-hybridized carbons (Fsp3) is 0.625. The Bertz CT molecular complexity index is 396. The largest absolute Gasteiger partial charge is 0.383 e. The monoisotopic (exact) mass is 342 g/mol. The van der Waals surface area contributed by atoms with E-state index in [4.69, 9.17) is 4.74 Å². The number of rotatable bonds is 9. The summed E-state index contributed by atoms with van der Waals surface area (Å²) < 4.78 is 6.37. The molecule has 0 saturated heterocycles. The number of hydrogen-bond donors (Lipinski definition) is 1. The molecule has 1 N–H and O–H groups in total. The van der Waals surface area contributed by atoms with E-state index in [9.17, 15) is 0 Å². The lowest BCUT2D eigenvalue weighted by atomic mass is 10.1. The topological polar surface area (TPSA) is 24.5 Å². The molecule has 20 heavy (non-hydrogen) atoms. The number of halogens is 1. The van der Waals surface area contributed by atoms with E-state index >= 15 is 0 Å². The second-order valence-electron chi connectivity index (χ2n) is 5.23. The average Bonchev–Trinajstić information content (AvgIpc) is 2.41.